The lowest BCUT2D eigenvalue weighted by Gasteiger charge is -2.09. The molecule has 8 heteroatoms. The lowest BCUT2D eigenvalue weighted by atomic mass is 10.0. The van der Waals surface area contributed by atoms with Gasteiger partial charge in [0.1, 0.15) is 6.61 Å². The Kier molecular flexibility index (Phi) is 29.4. The number of hydrogen-bond acceptors (Lipinski definition) is 7. The molecule has 1 N–H and O–H groups in total. The van der Waals surface area contributed by atoms with Crippen LogP contribution in [-0.4, -0.2) is 78.7 Å². The molecule has 0 aromatic heterocycles. The SMILES string of the molecule is CCCCCCCCCCCCCCCCOCCOCCOCCOCCOCCNC(=O)OCc1ccccc1. The van der Waals surface area contributed by atoms with Crippen molar-refractivity contribution in [1.29, 1.82) is 0 Å². The van der Waals surface area contributed by atoms with Crippen LogP contribution in [-0.2, 0) is 35.0 Å². The molecule has 1 amide bonds. The molecule has 0 aliphatic carbocycles. The standard InChI is InChI=1S/C34H61NO7/c1-2-3-4-5-6-7-8-9-10-11-12-13-14-18-22-37-24-26-39-28-30-41-31-29-40-27-25-38-23-21-35-34(36)42-32-33-19-16-15-17-20-33/h15-17,19-20H,2-14,18,21-32H2,1H3,(H,35,36). The average Bonchev–Trinajstić information content (AvgIpc) is 3.01. The highest BCUT2D eigenvalue weighted by atomic mass is 16.6. The molecule has 1 aromatic carbocycles. The zero-order valence-electron chi connectivity index (χ0n) is 26.6. The van der Waals surface area contributed by atoms with Crippen molar-refractivity contribution in [2.75, 3.05) is 72.6 Å². The molecule has 8 nitrogen and oxygen atoms in total. The van der Waals surface area contributed by atoms with Crippen LogP contribution >= 0.6 is 0 Å². The molecule has 0 spiro atoms. The molecule has 0 fully saturated rings. The number of ether oxygens (including phenoxy) is 6. The van der Waals surface area contributed by atoms with Crippen LogP contribution in [0.2, 0.25) is 0 Å². The van der Waals surface area contributed by atoms with Crippen molar-refractivity contribution in [2.24, 2.45) is 0 Å². The van der Waals surface area contributed by atoms with E-state index in [1.54, 1.807) is 0 Å². The minimum atomic E-state index is -0.451. The molecule has 0 aliphatic heterocycles. The number of carbonyl (C=O) groups is 1. The van der Waals surface area contributed by atoms with Gasteiger partial charge in [0.15, 0.2) is 0 Å². The van der Waals surface area contributed by atoms with Crippen LogP contribution in [0.5, 0.6) is 0 Å². The first-order valence-corrected chi connectivity index (χ1v) is 16.7. The summed E-state index contributed by atoms with van der Waals surface area (Å²) in [6.07, 6.45) is 18.8. The topological polar surface area (TPSA) is 84.5 Å². The molecular formula is C34H61NO7. The summed E-state index contributed by atoms with van der Waals surface area (Å²) in [6, 6.07) is 9.56. The summed E-state index contributed by atoms with van der Waals surface area (Å²) in [4.78, 5) is 11.6. The molecule has 1 aromatic rings. The largest absolute Gasteiger partial charge is 0.445 e. The second-order valence-electron chi connectivity index (χ2n) is 10.6. The molecule has 0 atom stereocenters. The van der Waals surface area contributed by atoms with Gasteiger partial charge in [-0.05, 0) is 12.0 Å². The van der Waals surface area contributed by atoms with Crippen molar-refractivity contribution in [2.45, 2.75) is 103 Å². The molecule has 0 unspecified atom stereocenters. The normalized spacial score (nSPS) is 11.2. The van der Waals surface area contributed by atoms with Crippen LogP contribution in [0.1, 0.15) is 102 Å². The van der Waals surface area contributed by atoms with Gasteiger partial charge in [0.05, 0.1) is 59.5 Å². The Morgan fingerprint density at radius 3 is 1.40 bits per heavy atom. The predicted molar refractivity (Wildman–Crippen MR) is 169 cm³/mol. The number of hydrogen-bond donors (Lipinski definition) is 1. The van der Waals surface area contributed by atoms with Gasteiger partial charge in [0.2, 0.25) is 0 Å². The Bertz CT molecular complexity index is 677. The molecular weight excluding hydrogens is 534 g/mol. The van der Waals surface area contributed by atoms with Crippen molar-refractivity contribution < 1.29 is 33.2 Å². The maximum Gasteiger partial charge on any atom is 0.407 e. The van der Waals surface area contributed by atoms with Crippen molar-refractivity contribution in [3.63, 3.8) is 0 Å². The van der Waals surface area contributed by atoms with Crippen LogP contribution in [0.3, 0.4) is 0 Å². The van der Waals surface area contributed by atoms with Gasteiger partial charge in [-0.15, -0.1) is 0 Å². The Morgan fingerprint density at radius 2 is 0.929 bits per heavy atom. The average molecular weight is 596 g/mol. The number of carbonyl (C=O) groups excluding carboxylic acids is 1. The van der Waals surface area contributed by atoms with Crippen molar-refractivity contribution in [3.05, 3.63) is 35.9 Å². The van der Waals surface area contributed by atoms with E-state index in [9.17, 15) is 4.79 Å². The smallest absolute Gasteiger partial charge is 0.407 e. The number of rotatable bonds is 32. The fourth-order valence-corrected chi connectivity index (χ4v) is 4.38. The van der Waals surface area contributed by atoms with Crippen LogP contribution in [0, 0.1) is 0 Å². The van der Waals surface area contributed by atoms with E-state index in [2.05, 4.69) is 12.2 Å². The third-order valence-electron chi connectivity index (χ3n) is 6.86. The second kappa shape index (κ2) is 32.2. The van der Waals surface area contributed by atoms with Gasteiger partial charge in [0.25, 0.3) is 0 Å². The first kappa shape index (κ1) is 38.3. The minimum absolute atomic E-state index is 0.254. The van der Waals surface area contributed by atoms with Gasteiger partial charge < -0.3 is 33.7 Å². The van der Waals surface area contributed by atoms with E-state index >= 15 is 0 Å². The summed E-state index contributed by atoms with van der Waals surface area (Å²) in [7, 11) is 0. The number of nitrogens with one attached hydrogen (secondary N) is 1. The Balaban J connectivity index is 1.65. The number of amides is 1. The fraction of sp³-hybridized carbons (Fsp3) is 0.794. The molecule has 0 saturated carbocycles. The Labute approximate surface area is 256 Å². The van der Waals surface area contributed by atoms with Crippen molar-refractivity contribution >= 4 is 6.09 Å². The van der Waals surface area contributed by atoms with Gasteiger partial charge in [-0.1, -0.05) is 121 Å². The summed E-state index contributed by atoms with van der Waals surface area (Å²) in [5.41, 5.74) is 0.952. The Hall–Kier alpha value is -1.71. The summed E-state index contributed by atoms with van der Waals surface area (Å²) in [5, 5.41) is 2.66. The van der Waals surface area contributed by atoms with Crippen LogP contribution in [0.15, 0.2) is 30.3 Å². The maximum absolute atomic E-state index is 11.6. The molecule has 244 valence electrons. The molecule has 0 aliphatic rings. The van der Waals surface area contributed by atoms with E-state index in [0.29, 0.717) is 66.0 Å². The summed E-state index contributed by atoms with van der Waals surface area (Å²) in [5.74, 6) is 0. The van der Waals surface area contributed by atoms with Gasteiger partial charge in [0, 0.05) is 13.2 Å². The van der Waals surface area contributed by atoms with Crippen LogP contribution < -0.4 is 5.32 Å². The predicted octanol–water partition coefficient (Wildman–Crippen LogP) is 7.48. The highest BCUT2D eigenvalue weighted by Gasteiger charge is 2.02. The first-order chi connectivity index (χ1) is 20.8. The second-order valence-corrected chi connectivity index (χ2v) is 10.6. The number of unbranched alkanes of at least 4 members (excludes halogenated alkanes) is 13. The summed E-state index contributed by atoms with van der Waals surface area (Å²) in [6.45, 7) is 8.49. The van der Waals surface area contributed by atoms with Gasteiger partial charge in [-0.2, -0.15) is 0 Å². The fourth-order valence-electron chi connectivity index (χ4n) is 4.38. The van der Waals surface area contributed by atoms with E-state index in [-0.39, 0.29) is 6.61 Å². The van der Waals surface area contributed by atoms with Gasteiger partial charge >= 0.3 is 6.09 Å². The molecule has 0 radical (unpaired) electrons. The van der Waals surface area contributed by atoms with E-state index in [4.69, 9.17) is 28.4 Å². The summed E-state index contributed by atoms with van der Waals surface area (Å²) < 4.78 is 32.8. The van der Waals surface area contributed by atoms with Gasteiger partial charge in [-0.3, -0.25) is 0 Å². The molecule has 1 rings (SSSR count). The lowest BCUT2D eigenvalue weighted by Crippen LogP contribution is -2.28. The quantitative estimate of drug-likeness (QED) is 0.0865. The molecule has 0 bridgehead atoms. The zero-order valence-corrected chi connectivity index (χ0v) is 26.6. The van der Waals surface area contributed by atoms with Crippen LogP contribution in [0.25, 0.3) is 0 Å². The highest BCUT2D eigenvalue weighted by Crippen LogP contribution is 2.13. The molecule has 42 heavy (non-hydrogen) atoms. The number of alkyl carbamates (subject to hydrolysis) is 1. The van der Waals surface area contributed by atoms with E-state index in [1.807, 2.05) is 30.3 Å². The zero-order chi connectivity index (χ0) is 30.0. The van der Waals surface area contributed by atoms with E-state index in [0.717, 1.165) is 18.6 Å². The monoisotopic (exact) mass is 595 g/mol. The van der Waals surface area contributed by atoms with Crippen LogP contribution in [0.4, 0.5) is 4.79 Å². The third-order valence-corrected chi connectivity index (χ3v) is 6.86. The third kappa shape index (κ3) is 28.4. The van der Waals surface area contributed by atoms with E-state index < -0.39 is 6.09 Å². The first-order valence-electron chi connectivity index (χ1n) is 16.7. The van der Waals surface area contributed by atoms with Crippen molar-refractivity contribution in [1.82, 2.24) is 5.32 Å². The highest BCUT2D eigenvalue weighted by molar-refractivity contribution is 5.67. The Morgan fingerprint density at radius 1 is 0.524 bits per heavy atom. The minimum Gasteiger partial charge on any atom is -0.445 e. The van der Waals surface area contributed by atoms with Gasteiger partial charge in [-0.25, -0.2) is 4.79 Å². The maximum atomic E-state index is 11.6. The summed E-state index contributed by atoms with van der Waals surface area (Å²) >= 11 is 0. The number of benzene rings is 1. The molecule has 0 heterocycles. The van der Waals surface area contributed by atoms with E-state index in [1.165, 1.54) is 83.5 Å². The lowest BCUT2D eigenvalue weighted by molar-refractivity contribution is -0.0110. The van der Waals surface area contributed by atoms with Crippen molar-refractivity contribution in [3.8, 4) is 0 Å². The molecule has 0 saturated heterocycles.